The summed E-state index contributed by atoms with van der Waals surface area (Å²) < 4.78 is 19.4. The highest BCUT2D eigenvalue weighted by molar-refractivity contribution is 6.47. The fourth-order valence-electron chi connectivity index (χ4n) is 5.03. The number of carbonyl (C=O) groups is 5. The lowest BCUT2D eigenvalue weighted by Crippen LogP contribution is -2.68. The number of phenols is 2. The van der Waals surface area contributed by atoms with Gasteiger partial charge in [0.2, 0.25) is 5.91 Å². The summed E-state index contributed by atoms with van der Waals surface area (Å²) in [5, 5.41) is 44.3. The average Bonchev–Trinajstić information content (AvgIpc) is 2.93. The highest BCUT2D eigenvalue weighted by Crippen LogP contribution is 2.39. The van der Waals surface area contributed by atoms with Crippen LogP contribution in [0.1, 0.15) is 48.3 Å². The van der Waals surface area contributed by atoms with Gasteiger partial charge in [-0.25, -0.2) is 18.9 Å². The fourth-order valence-corrected chi connectivity index (χ4v) is 5.30. The van der Waals surface area contributed by atoms with E-state index in [0.717, 1.165) is 18.2 Å². The van der Waals surface area contributed by atoms with Gasteiger partial charge in [0, 0.05) is 18.7 Å². The molecule has 0 bridgehead atoms. The normalized spacial score (nSPS) is 18.5. The minimum atomic E-state index is -1.86. The molecule has 0 aromatic heterocycles. The number of likely N-dealkylation sites (N-methyl/N-ethyl adjacent to an activating group) is 1. The van der Waals surface area contributed by atoms with Gasteiger partial charge in [-0.05, 0) is 44.9 Å². The van der Waals surface area contributed by atoms with Gasteiger partial charge in [-0.2, -0.15) is 0 Å². The third-order valence-electron chi connectivity index (χ3n) is 7.16. The van der Waals surface area contributed by atoms with Crippen LogP contribution >= 0.6 is 11.6 Å². The van der Waals surface area contributed by atoms with Gasteiger partial charge < -0.3 is 40.5 Å². The van der Waals surface area contributed by atoms with E-state index in [1.54, 1.807) is 6.92 Å². The van der Waals surface area contributed by atoms with E-state index in [4.69, 9.17) is 16.3 Å². The molecule has 1 saturated heterocycles. The van der Waals surface area contributed by atoms with Gasteiger partial charge in [0.15, 0.2) is 11.5 Å². The van der Waals surface area contributed by atoms with Crippen LogP contribution in [-0.2, 0) is 20.8 Å². The number of carboxylic acid groups (broad SMARTS) is 1. The number of imide groups is 1. The maximum absolute atomic E-state index is 14.1. The van der Waals surface area contributed by atoms with Crippen LogP contribution in [0, 0.1) is 5.82 Å². The third-order valence-corrected chi connectivity index (χ3v) is 7.56. The predicted octanol–water partition coefficient (Wildman–Crippen LogP) is 0.948. The lowest BCUT2D eigenvalue weighted by molar-refractivity contribution is -0.159. The molecule has 0 unspecified atom stereocenters. The molecule has 0 aliphatic carbocycles. The summed E-state index contributed by atoms with van der Waals surface area (Å²) in [4.78, 5) is 66.1. The number of rotatable bonds is 6. The Bertz CT molecular complexity index is 1540. The standard InChI is InChI=1S/C26H27BClFN4O10/c1-4-32-10-26(2,3)33(23(38)22(32)37)25(41)31-18(12-6-8-14(34)19(35)17(12)28)21(36)30-15-9-11-5-7-13(29)16(24(39)40)20(11)43-27(15)42/h5-8,15,18,34-35,42H,4,9-10H2,1-3H3,(H,30,36)(H,31,41)(H,39,40)/t15-,18+/m0/s1. The van der Waals surface area contributed by atoms with Crippen LogP contribution in [0.3, 0.4) is 0 Å². The molecule has 0 spiro atoms. The number of carboxylic acids is 1. The Morgan fingerprint density at radius 2 is 1.86 bits per heavy atom. The molecule has 2 aromatic rings. The van der Waals surface area contributed by atoms with Crippen LogP contribution in [0.15, 0.2) is 24.3 Å². The maximum atomic E-state index is 14.1. The minimum absolute atomic E-state index is 0.00303. The van der Waals surface area contributed by atoms with E-state index < -0.39 is 88.0 Å². The van der Waals surface area contributed by atoms with Gasteiger partial charge >= 0.3 is 30.9 Å². The topological polar surface area (TPSA) is 206 Å². The molecule has 2 heterocycles. The number of fused-ring (bicyclic) bond motifs is 1. The zero-order valence-corrected chi connectivity index (χ0v) is 23.8. The van der Waals surface area contributed by atoms with Crippen molar-refractivity contribution in [2.75, 3.05) is 13.1 Å². The molecule has 14 nitrogen and oxygen atoms in total. The summed E-state index contributed by atoms with van der Waals surface area (Å²) in [5.41, 5.74) is -2.09. The van der Waals surface area contributed by atoms with Crippen molar-refractivity contribution >= 4 is 48.4 Å². The first kappa shape index (κ1) is 31.4. The molecule has 2 aliphatic rings. The Morgan fingerprint density at radius 3 is 2.49 bits per heavy atom. The van der Waals surface area contributed by atoms with Crippen LogP contribution in [-0.4, -0.2) is 91.6 Å². The predicted molar refractivity (Wildman–Crippen MR) is 147 cm³/mol. The highest BCUT2D eigenvalue weighted by Gasteiger charge is 2.48. The molecule has 6 N–H and O–H groups in total. The van der Waals surface area contributed by atoms with Crippen LogP contribution in [0.25, 0.3) is 0 Å². The molecule has 2 aromatic carbocycles. The molecular weight excluding hydrogens is 594 g/mol. The van der Waals surface area contributed by atoms with Gasteiger partial charge in [0.05, 0.1) is 16.5 Å². The smallest absolute Gasteiger partial charge is 0.534 e. The Balaban J connectivity index is 1.67. The SMILES string of the molecule is CCN1CC(C)(C)N(C(=O)N[C@@H](C(=O)N[C@H]2Cc3ccc(F)c(C(=O)O)c3OB2O)c2ccc(O)c(O)c2Cl)C(=O)C1=O. The van der Waals surface area contributed by atoms with Crippen molar-refractivity contribution in [2.45, 2.75) is 44.7 Å². The van der Waals surface area contributed by atoms with Gasteiger partial charge in [-0.15, -0.1) is 0 Å². The van der Waals surface area contributed by atoms with Crippen LogP contribution < -0.4 is 15.3 Å². The van der Waals surface area contributed by atoms with Gasteiger partial charge in [0.25, 0.3) is 0 Å². The van der Waals surface area contributed by atoms with Crippen molar-refractivity contribution in [1.82, 2.24) is 20.4 Å². The molecular formula is C26H27BClFN4O10. The second-order valence-electron chi connectivity index (χ2n) is 10.5. The number of halogens is 2. The number of phenolic OH excluding ortho intramolecular Hbond substituents is 2. The van der Waals surface area contributed by atoms with Crippen molar-refractivity contribution in [3.05, 3.63) is 51.8 Å². The van der Waals surface area contributed by atoms with E-state index in [0.29, 0.717) is 4.90 Å². The van der Waals surface area contributed by atoms with E-state index in [2.05, 4.69) is 10.6 Å². The summed E-state index contributed by atoms with van der Waals surface area (Å²) >= 11 is 6.20. The second-order valence-corrected chi connectivity index (χ2v) is 10.9. The molecule has 0 saturated carbocycles. The van der Waals surface area contributed by atoms with Crippen molar-refractivity contribution < 1.29 is 53.4 Å². The first-order valence-corrected chi connectivity index (χ1v) is 13.3. The molecule has 2 aliphatic heterocycles. The summed E-state index contributed by atoms with van der Waals surface area (Å²) in [7, 11) is -1.86. The van der Waals surface area contributed by atoms with Gasteiger partial charge in [-0.1, -0.05) is 23.7 Å². The minimum Gasteiger partial charge on any atom is -0.534 e. The molecule has 1 fully saturated rings. The monoisotopic (exact) mass is 620 g/mol. The van der Waals surface area contributed by atoms with E-state index in [1.807, 2.05) is 0 Å². The highest BCUT2D eigenvalue weighted by atomic mass is 35.5. The van der Waals surface area contributed by atoms with E-state index in [-0.39, 0.29) is 30.6 Å². The molecule has 17 heteroatoms. The zero-order chi connectivity index (χ0) is 32.0. The Labute approximate surface area is 249 Å². The largest absolute Gasteiger partial charge is 0.547 e. The number of benzene rings is 2. The number of nitrogens with zero attached hydrogens (tertiary/aromatic N) is 2. The van der Waals surface area contributed by atoms with E-state index in [1.165, 1.54) is 24.8 Å². The summed E-state index contributed by atoms with van der Waals surface area (Å²) in [6.45, 7) is 4.96. The van der Waals surface area contributed by atoms with Crippen LogP contribution in [0.4, 0.5) is 9.18 Å². The zero-order valence-electron chi connectivity index (χ0n) is 23.1. The number of piperazine rings is 1. The number of urea groups is 1. The summed E-state index contributed by atoms with van der Waals surface area (Å²) in [5.74, 6) is -8.98. The summed E-state index contributed by atoms with van der Waals surface area (Å²) in [6, 6.07) is 1.30. The number of hydrogen-bond acceptors (Lipinski definition) is 9. The number of carbonyl (C=O) groups excluding carboxylic acids is 4. The number of aromatic carboxylic acids is 1. The van der Waals surface area contributed by atoms with Crippen LogP contribution in [0.5, 0.6) is 17.2 Å². The number of amides is 5. The Morgan fingerprint density at radius 1 is 1.19 bits per heavy atom. The summed E-state index contributed by atoms with van der Waals surface area (Å²) in [6.07, 6.45) is -0.225. The van der Waals surface area contributed by atoms with Gasteiger partial charge in [0.1, 0.15) is 23.2 Å². The molecule has 5 amide bonds. The Hall–Kier alpha value is -4.57. The van der Waals surface area contributed by atoms with Crippen molar-refractivity contribution in [1.29, 1.82) is 0 Å². The molecule has 0 radical (unpaired) electrons. The van der Waals surface area contributed by atoms with Gasteiger partial charge in [-0.3, -0.25) is 14.4 Å². The lowest BCUT2D eigenvalue weighted by Gasteiger charge is -2.44. The Kier molecular flexibility index (Phi) is 8.47. The quantitative estimate of drug-likeness (QED) is 0.153. The molecule has 4 rings (SSSR count). The van der Waals surface area contributed by atoms with Crippen molar-refractivity contribution in [2.24, 2.45) is 0 Å². The molecule has 228 valence electrons. The second kappa shape index (κ2) is 11.6. The fraction of sp³-hybridized carbons (Fsp3) is 0.346. The first-order valence-electron chi connectivity index (χ1n) is 12.9. The van der Waals surface area contributed by atoms with Crippen molar-refractivity contribution in [3.8, 4) is 17.2 Å². The van der Waals surface area contributed by atoms with E-state index in [9.17, 15) is 48.7 Å². The first-order chi connectivity index (χ1) is 20.1. The lowest BCUT2D eigenvalue weighted by atomic mass is 9.72. The number of aromatic hydroxyl groups is 2. The number of hydrogen-bond donors (Lipinski definition) is 6. The maximum Gasteiger partial charge on any atom is 0.547 e. The third kappa shape index (κ3) is 5.75. The van der Waals surface area contributed by atoms with E-state index >= 15 is 0 Å². The average molecular weight is 621 g/mol. The van der Waals surface area contributed by atoms with Crippen LogP contribution in [0.2, 0.25) is 5.02 Å². The molecule has 2 atom stereocenters. The molecule has 43 heavy (non-hydrogen) atoms. The number of nitrogens with one attached hydrogen (secondary N) is 2. The van der Waals surface area contributed by atoms with Crippen molar-refractivity contribution in [3.63, 3.8) is 0 Å².